The van der Waals surface area contributed by atoms with Gasteiger partial charge in [-0.05, 0) is 25.0 Å². The summed E-state index contributed by atoms with van der Waals surface area (Å²) in [4.78, 5) is 24.0. The van der Waals surface area contributed by atoms with Crippen molar-refractivity contribution in [2.75, 3.05) is 12.3 Å². The van der Waals surface area contributed by atoms with Gasteiger partial charge in [-0.25, -0.2) is 4.79 Å². The molecule has 3 N–H and O–H groups in total. The Balaban J connectivity index is 2.62. The maximum atomic E-state index is 11.8. The van der Waals surface area contributed by atoms with Crippen molar-refractivity contribution in [3.8, 4) is 0 Å². The largest absolute Gasteiger partial charge is 0.480 e. The molecule has 1 rings (SSSR count). The number of likely N-dealkylation sites (tertiary alicyclic amines) is 1. The van der Waals surface area contributed by atoms with Gasteiger partial charge in [0.1, 0.15) is 6.04 Å². The van der Waals surface area contributed by atoms with Crippen LogP contribution in [0.2, 0.25) is 0 Å². The summed E-state index contributed by atoms with van der Waals surface area (Å²) in [7, 11) is 0. The number of carbonyl (C=O) groups is 2. The quantitative estimate of drug-likeness (QED) is 0.582. The van der Waals surface area contributed by atoms with Gasteiger partial charge in [-0.3, -0.25) is 4.79 Å². The van der Waals surface area contributed by atoms with Gasteiger partial charge in [0, 0.05) is 6.54 Å². The normalized spacial score (nSPS) is 22.8. The number of carboxylic acids is 1. The van der Waals surface area contributed by atoms with Crippen LogP contribution in [0.15, 0.2) is 0 Å². The van der Waals surface area contributed by atoms with Crippen LogP contribution in [0.3, 0.4) is 0 Å². The van der Waals surface area contributed by atoms with E-state index in [1.807, 2.05) is 0 Å². The fourth-order valence-electron chi connectivity index (χ4n) is 1.76. The average Bonchev–Trinajstić information content (AvgIpc) is 2.65. The third kappa shape index (κ3) is 2.85. The van der Waals surface area contributed by atoms with Gasteiger partial charge >= 0.3 is 5.97 Å². The van der Waals surface area contributed by atoms with Crippen LogP contribution < -0.4 is 5.73 Å². The minimum absolute atomic E-state index is 0.269. The van der Waals surface area contributed by atoms with Crippen LogP contribution in [-0.4, -0.2) is 46.3 Å². The molecule has 0 bridgehead atoms. The number of hydrogen-bond acceptors (Lipinski definition) is 4. The molecule has 2 atom stereocenters. The van der Waals surface area contributed by atoms with E-state index in [2.05, 4.69) is 12.6 Å². The highest BCUT2D eigenvalue weighted by Crippen LogP contribution is 2.18. The Labute approximate surface area is 94.0 Å². The number of rotatable bonds is 4. The molecule has 1 aliphatic rings. The molecule has 0 aromatic rings. The SMILES string of the molecule is N[C@@H](CCS)C(=O)N1CCC[C@H]1C(=O)O. The molecular weight excluding hydrogens is 216 g/mol. The molecule has 1 heterocycles. The summed E-state index contributed by atoms with van der Waals surface area (Å²) < 4.78 is 0. The van der Waals surface area contributed by atoms with Crippen LogP contribution in [0.4, 0.5) is 0 Å². The third-order valence-corrected chi connectivity index (χ3v) is 2.84. The van der Waals surface area contributed by atoms with Crippen LogP contribution in [0.5, 0.6) is 0 Å². The number of carboxylic acid groups (broad SMARTS) is 1. The van der Waals surface area contributed by atoms with E-state index in [4.69, 9.17) is 10.8 Å². The molecule has 6 heteroatoms. The number of thiol groups is 1. The second-order valence-electron chi connectivity index (χ2n) is 3.65. The summed E-state index contributed by atoms with van der Waals surface area (Å²) in [5.41, 5.74) is 5.64. The van der Waals surface area contributed by atoms with Gasteiger partial charge in [0.15, 0.2) is 0 Å². The second-order valence-corrected chi connectivity index (χ2v) is 4.09. The minimum atomic E-state index is -0.945. The fourth-order valence-corrected chi connectivity index (χ4v) is 2.04. The number of amides is 1. The predicted octanol–water partition coefficient (Wildman–Crippen LogP) is -0.291. The van der Waals surface area contributed by atoms with Crippen LogP contribution >= 0.6 is 12.6 Å². The lowest BCUT2D eigenvalue weighted by molar-refractivity contribution is -0.148. The molecule has 1 fully saturated rings. The Morgan fingerprint density at radius 3 is 2.80 bits per heavy atom. The van der Waals surface area contributed by atoms with E-state index in [1.54, 1.807) is 0 Å². The van der Waals surface area contributed by atoms with Gasteiger partial charge in [-0.15, -0.1) is 0 Å². The van der Waals surface area contributed by atoms with Crippen molar-refractivity contribution in [1.82, 2.24) is 4.90 Å². The zero-order chi connectivity index (χ0) is 11.4. The molecule has 0 aromatic carbocycles. The van der Waals surface area contributed by atoms with Crippen molar-refractivity contribution >= 4 is 24.5 Å². The van der Waals surface area contributed by atoms with Gasteiger partial charge in [0.25, 0.3) is 0 Å². The summed E-state index contributed by atoms with van der Waals surface area (Å²) in [6, 6.07) is -1.31. The molecule has 15 heavy (non-hydrogen) atoms. The Kier molecular flexibility index (Phi) is 4.41. The average molecular weight is 232 g/mol. The molecule has 0 radical (unpaired) electrons. The van der Waals surface area contributed by atoms with Gasteiger partial charge in [0.2, 0.25) is 5.91 Å². The maximum absolute atomic E-state index is 11.8. The number of nitrogens with two attached hydrogens (primary N) is 1. The smallest absolute Gasteiger partial charge is 0.326 e. The highest BCUT2D eigenvalue weighted by atomic mass is 32.1. The number of nitrogens with zero attached hydrogens (tertiary/aromatic N) is 1. The van der Waals surface area contributed by atoms with Crippen LogP contribution in [0.1, 0.15) is 19.3 Å². The highest BCUT2D eigenvalue weighted by Gasteiger charge is 2.35. The van der Waals surface area contributed by atoms with Crippen molar-refractivity contribution < 1.29 is 14.7 Å². The molecule has 5 nitrogen and oxygen atoms in total. The fraction of sp³-hybridized carbons (Fsp3) is 0.778. The first kappa shape index (κ1) is 12.3. The van der Waals surface area contributed by atoms with E-state index < -0.39 is 18.1 Å². The zero-order valence-electron chi connectivity index (χ0n) is 8.43. The molecule has 1 saturated heterocycles. The molecule has 1 aliphatic heterocycles. The lowest BCUT2D eigenvalue weighted by atomic mass is 10.2. The number of hydrogen-bond donors (Lipinski definition) is 3. The molecule has 86 valence electrons. The van der Waals surface area contributed by atoms with E-state index in [0.717, 1.165) is 6.42 Å². The van der Waals surface area contributed by atoms with E-state index in [1.165, 1.54) is 4.90 Å². The van der Waals surface area contributed by atoms with E-state index in [-0.39, 0.29) is 5.91 Å². The Morgan fingerprint density at radius 2 is 2.27 bits per heavy atom. The van der Waals surface area contributed by atoms with Crippen molar-refractivity contribution in [2.45, 2.75) is 31.3 Å². The first-order chi connectivity index (χ1) is 7.07. The van der Waals surface area contributed by atoms with E-state index in [0.29, 0.717) is 25.1 Å². The lowest BCUT2D eigenvalue weighted by Gasteiger charge is -2.24. The predicted molar refractivity (Wildman–Crippen MR) is 58.8 cm³/mol. The van der Waals surface area contributed by atoms with Crippen molar-refractivity contribution in [3.63, 3.8) is 0 Å². The monoisotopic (exact) mass is 232 g/mol. The minimum Gasteiger partial charge on any atom is -0.480 e. The first-order valence-corrected chi connectivity index (χ1v) is 5.61. The van der Waals surface area contributed by atoms with E-state index in [9.17, 15) is 9.59 Å². The molecule has 1 amide bonds. The first-order valence-electron chi connectivity index (χ1n) is 4.97. The zero-order valence-corrected chi connectivity index (χ0v) is 9.32. The van der Waals surface area contributed by atoms with Crippen molar-refractivity contribution in [1.29, 1.82) is 0 Å². The van der Waals surface area contributed by atoms with Crippen LogP contribution in [-0.2, 0) is 9.59 Å². The molecular formula is C9H16N2O3S. The molecule has 0 saturated carbocycles. The Bertz CT molecular complexity index is 260. The maximum Gasteiger partial charge on any atom is 0.326 e. The highest BCUT2D eigenvalue weighted by molar-refractivity contribution is 7.80. The second kappa shape index (κ2) is 5.37. The summed E-state index contributed by atoms with van der Waals surface area (Å²) in [6.45, 7) is 0.496. The standard InChI is InChI=1S/C9H16N2O3S/c10-6(3-5-15)8(12)11-4-1-2-7(11)9(13)14/h6-7,15H,1-5,10H2,(H,13,14)/t6-,7-/m0/s1. The lowest BCUT2D eigenvalue weighted by Crippen LogP contribution is -2.48. The van der Waals surface area contributed by atoms with Crippen LogP contribution in [0.25, 0.3) is 0 Å². The number of aliphatic carboxylic acids is 1. The van der Waals surface area contributed by atoms with Crippen molar-refractivity contribution in [2.24, 2.45) is 5.73 Å². The summed E-state index contributed by atoms with van der Waals surface area (Å²) in [5.74, 6) is -0.689. The Hall–Kier alpha value is -0.750. The van der Waals surface area contributed by atoms with E-state index >= 15 is 0 Å². The molecule has 0 unspecified atom stereocenters. The van der Waals surface area contributed by atoms with Gasteiger partial charge < -0.3 is 15.7 Å². The third-order valence-electron chi connectivity index (χ3n) is 2.58. The van der Waals surface area contributed by atoms with Gasteiger partial charge in [-0.2, -0.15) is 12.6 Å². The van der Waals surface area contributed by atoms with Crippen LogP contribution in [0, 0.1) is 0 Å². The van der Waals surface area contributed by atoms with Crippen molar-refractivity contribution in [3.05, 3.63) is 0 Å². The van der Waals surface area contributed by atoms with Gasteiger partial charge in [0.05, 0.1) is 6.04 Å². The topological polar surface area (TPSA) is 83.6 Å². The summed E-state index contributed by atoms with van der Waals surface area (Å²) in [5, 5.41) is 8.89. The summed E-state index contributed by atoms with van der Waals surface area (Å²) in [6.07, 6.45) is 1.73. The van der Waals surface area contributed by atoms with Gasteiger partial charge in [-0.1, -0.05) is 0 Å². The molecule has 0 spiro atoms. The molecule has 0 aliphatic carbocycles. The summed E-state index contributed by atoms with van der Waals surface area (Å²) >= 11 is 3.99. The Morgan fingerprint density at radius 1 is 1.60 bits per heavy atom. The number of carbonyl (C=O) groups excluding carboxylic acids is 1. The molecule has 0 aromatic heterocycles.